The summed E-state index contributed by atoms with van der Waals surface area (Å²) in [4.78, 5) is 15.2. The molecule has 0 saturated carbocycles. The Morgan fingerprint density at radius 3 is 2.79 bits per heavy atom. The van der Waals surface area contributed by atoms with Crippen LogP contribution in [0, 0.1) is 11.6 Å². The minimum absolute atomic E-state index is 0.172. The number of halogens is 2. The number of hydrogen-bond donors (Lipinski definition) is 0. The third kappa shape index (κ3) is 3.96. The topological polar surface area (TPSA) is 70.2 Å². The van der Waals surface area contributed by atoms with E-state index in [2.05, 4.69) is 10.1 Å². The number of hydrogen-bond acceptors (Lipinski definition) is 5. The van der Waals surface area contributed by atoms with Crippen LogP contribution in [-0.4, -0.2) is 14.8 Å². The Morgan fingerprint density at radius 1 is 1.11 bits per heavy atom. The first-order valence-electron chi connectivity index (χ1n) is 8.50. The highest BCUT2D eigenvalue weighted by atomic mass is 19.1. The molecule has 1 atom stereocenters. The molecule has 4 rings (SSSR count). The summed E-state index contributed by atoms with van der Waals surface area (Å²) in [6.45, 7) is 0.385. The van der Waals surface area contributed by atoms with Gasteiger partial charge in [-0.3, -0.25) is 4.68 Å². The van der Waals surface area contributed by atoms with Crippen LogP contribution in [0.5, 0.6) is 0 Å². The molecule has 0 amide bonds. The van der Waals surface area contributed by atoms with E-state index in [9.17, 15) is 13.6 Å². The Labute approximate surface area is 158 Å². The number of nitrogens with zero attached hydrogens (tertiary/aromatic N) is 3. The van der Waals surface area contributed by atoms with Gasteiger partial charge in [0, 0.05) is 23.1 Å². The fraction of sp³-hybridized carbons (Fsp3) is 0.150. The van der Waals surface area contributed by atoms with Crippen LogP contribution >= 0.6 is 0 Å². The van der Waals surface area contributed by atoms with Crippen molar-refractivity contribution >= 4 is 11.0 Å². The lowest BCUT2D eigenvalue weighted by atomic mass is 10.1. The number of aromatic nitrogens is 3. The fourth-order valence-electron chi connectivity index (χ4n) is 2.91. The van der Waals surface area contributed by atoms with E-state index in [0.29, 0.717) is 5.58 Å². The number of benzene rings is 2. The van der Waals surface area contributed by atoms with Crippen LogP contribution in [-0.2, 0) is 17.9 Å². The SMILES string of the molecule is O=c1ccc2cc(COC(Cn3cncn3)c3ccc(F)cc3F)ccc2o1. The summed E-state index contributed by atoms with van der Waals surface area (Å²) < 4.78 is 40.1. The minimum atomic E-state index is -0.702. The number of rotatable bonds is 6. The zero-order valence-electron chi connectivity index (χ0n) is 14.6. The first-order chi connectivity index (χ1) is 13.6. The van der Waals surface area contributed by atoms with Crippen molar-refractivity contribution in [3.8, 4) is 0 Å². The lowest BCUT2D eigenvalue weighted by Crippen LogP contribution is -2.15. The third-order valence-electron chi connectivity index (χ3n) is 4.26. The average Bonchev–Trinajstić information content (AvgIpc) is 3.18. The first kappa shape index (κ1) is 18.0. The summed E-state index contributed by atoms with van der Waals surface area (Å²) in [6, 6.07) is 11.6. The first-order valence-corrected chi connectivity index (χ1v) is 8.50. The van der Waals surface area contributed by atoms with Crippen molar-refractivity contribution in [1.29, 1.82) is 0 Å². The molecule has 2 aromatic heterocycles. The van der Waals surface area contributed by atoms with Crippen LogP contribution < -0.4 is 5.63 Å². The molecular weight excluding hydrogens is 368 g/mol. The van der Waals surface area contributed by atoms with Gasteiger partial charge in [-0.2, -0.15) is 5.10 Å². The van der Waals surface area contributed by atoms with Crippen molar-refractivity contribution in [2.75, 3.05) is 0 Å². The van der Waals surface area contributed by atoms with Crippen LogP contribution in [0.4, 0.5) is 8.78 Å². The van der Waals surface area contributed by atoms with E-state index in [0.717, 1.165) is 17.0 Å². The van der Waals surface area contributed by atoms with Crippen molar-refractivity contribution in [1.82, 2.24) is 14.8 Å². The molecule has 0 bridgehead atoms. The molecule has 0 saturated heterocycles. The average molecular weight is 383 g/mol. The molecule has 2 aromatic carbocycles. The minimum Gasteiger partial charge on any atom is -0.423 e. The van der Waals surface area contributed by atoms with Crippen LogP contribution in [0.2, 0.25) is 0 Å². The van der Waals surface area contributed by atoms with Crippen LogP contribution in [0.15, 0.2) is 70.4 Å². The van der Waals surface area contributed by atoms with E-state index in [1.165, 1.54) is 35.5 Å². The highest BCUT2D eigenvalue weighted by Crippen LogP contribution is 2.25. The summed E-state index contributed by atoms with van der Waals surface area (Å²) >= 11 is 0. The molecule has 4 aromatic rings. The predicted molar refractivity (Wildman–Crippen MR) is 96.4 cm³/mol. The Balaban J connectivity index is 1.58. The summed E-state index contributed by atoms with van der Waals surface area (Å²) in [5.41, 5.74) is 1.09. The highest BCUT2D eigenvalue weighted by Gasteiger charge is 2.19. The van der Waals surface area contributed by atoms with Gasteiger partial charge in [-0.05, 0) is 29.8 Å². The monoisotopic (exact) mass is 383 g/mol. The van der Waals surface area contributed by atoms with Crippen molar-refractivity contribution in [3.05, 3.63) is 94.4 Å². The molecule has 8 heteroatoms. The highest BCUT2D eigenvalue weighted by molar-refractivity contribution is 5.76. The molecule has 0 N–H and O–H groups in total. The smallest absolute Gasteiger partial charge is 0.336 e. The second-order valence-corrected chi connectivity index (χ2v) is 6.21. The Morgan fingerprint density at radius 2 is 2.00 bits per heavy atom. The quantitative estimate of drug-likeness (QED) is 0.476. The van der Waals surface area contributed by atoms with E-state index in [-0.39, 0.29) is 18.7 Å². The van der Waals surface area contributed by atoms with Gasteiger partial charge in [0.15, 0.2) is 0 Å². The lowest BCUT2D eigenvalue weighted by Gasteiger charge is -2.19. The van der Waals surface area contributed by atoms with E-state index in [4.69, 9.17) is 9.15 Å². The molecule has 2 heterocycles. The summed E-state index contributed by atoms with van der Waals surface area (Å²) in [6.07, 6.45) is 2.16. The van der Waals surface area contributed by atoms with Gasteiger partial charge in [0.05, 0.1) is 13.2 Å². The summed E-state index contributed by atoms with van der Waals surface area (Å²) in [7, 11) is 0. The molecule has 142 valence electrons. The molecule has 0 spiro atoms. The van der Waals surface area contributed by atoms with Crippen LogP contribution in [0.1, 0.15) is 17.2 Å². The molecule has 0 aliphatic heterocycles. The van der Waals surface area contributed by atoms with Gasteiger partial charge in [-0.1, -0.05) is 12.1 Å². The van der Waals surface area contributed by atoms with E-state index < -0.39 is 23.4 Å². The molecule has 28 heavy (non-hydrogen) atoms. The maximum absolute atomic E-state index is 14.3. The summed E-state index contributed by atoms with van der Waals surface area (Å²) in [5.74, 6) is -1.35. The van der Waals surface area contributed by atoms with E-state index in [1.54, 1.807) is 18.2 Å². The Kier molecular flexibility index (Phi) is 4.94. The van der Waals surface area contributed by atoms with Gasteiger partial charge in [0.1, 0.15) is 36.0 Å². The van der Waals surface area contributed by atoms with Crippen molar-refractivity contribution in [2.24, 2.45) is 0 Å². The van der Waals surface area contributed by atoms with Gasteiger partial charge in [0.25, 0.3) is 0 Å². The number of fused-ring (bicyclic) bond motifs is 1. The van der Waals surface area contributed by atoms with Crippen molar-refractivity contribution in [3.63, 3.8) is 0 Å². The molecule has 0 fully saturated rings. The molecule has 0 aliphatic carbocycles. The van der Waals surface area contributed by atoms with Gasteiger partial charge in [-0.15, -0.1) is 0 Å². The molecule has 0 aliphatic rings. The van der Waals surface area contributed by atoms with Crippen molar-refractivity contribution < 1.29 is 17.9 Å². The van der Waals surface area contributed by atoms with E-state index >= 15 is 0 Å². The Hall–Kier alpha value is -3.39. The fourth-order valence-corrected chi connectivity index (χ4v) is 2.91. The summed E-state index contributed by atoms with van der Waals surface area (Å²) in [5, 5.41) is 4.77. The largest absolute Gasteiger partial charge is 0.423 e. The van der Waals surface area contributed by atoms with E-state index in [1.807, 2.05) is 6.07 Å². The zero-order chi connectivity index (χ0) is 19.5. The lowest BCUT2D eigenvalue weighted by molar-refractivity contribution is 0.0234. The second-order valence-electron chi connectivity index (χ2n) is 6.21. The Bertz CT molecular complexity index is 1160. The predicted octanol–water partition coefficient (Wildman–Crippen LogP) is 3.62. The molecule has 0 radical (unpaired) electrons. The van der Waals surface area contributed by atoms with Crippen molar-refractivity contribution in [2.45, 2.75) is 19.3 Å². The van der Waals surface area contributed by atoms with Crippen LogP contribution in [0.3, 0.4) is 0 Å². The van der Waals surface area contributed by atoms with Gasteiger partial charge >= 0.3 is 5.63 Å². The van der Waals surface area contributed by atoms with Gasteiger partial charge in [0.2, 0.25) is 0 Å². The van der Waals surface area contributed by atoms with Gasteiger partial charge < -0.3 is 9.15 Å². The maximum atomic E-state index is 14.3. The molecule has 6 nitrogen and oxygen atoms in total. The molecular formula is C20H15F2N3O3. The second kappa shape index (κ2) is 7.69. The van der Waals surface area contributed by atoms with Gasteiger partial charge in [-0.25, -0.2) is 18.6 Å². The number of ether oxygens (including phenoxy) is 1. The maximum Gasteiger partial charge on any atom is 0.336 e. The standard InChI is InChI=1S/C20H15F2N3O3/c21-15-3-4-16(17(22)8-15)19(9-25-12-23-11-24-25)27-10-13-1-5-18-14(7-13)2-6-20(26)28-18/h1-8,11-12,19H,9-10H2. The molecule has 1 unspecified atom stereocenters. The third-order valence-corrected chi connectivity index (χ3v) is 4.26. The van der Waals surface area contributed by atoms with Crippen LogP contribution in [0.25, 0.3) is 11.0 Å². The normalized spacial score (nSPS) is 12.4. The zero-order valence-corrected chi connectivity index (χ0v) is 14.6.